The van der Waals surface area contributed by atoms with Crippen LogP contribution >= 0.6 is 0 Å². The van der Waals surface area contributed by atoms with Gasteiger partial charge in [0.1, 0.15) is 5.75 Å². The Morgan fingerprint density at radius 3 is 1.80 bits per heavy atom. The molecule has 4 heteroatoms. The molecule has 0 bridgehead atoms. The number of ether oxygens (including phenoxy) is 1. The molecule has 4 nitrogen and oxygen atoms in total. The zero-order valence-corrected chi connectivity index (χ0v) is 28.9. The summed E-state index contributed by atoms with van der Waals surface area (Å²) in [5.41, 5.74) is 1.69. The molecule has 0 amide bonds. The number of ketones is 1. The molecule has 1 N–H and O–H groups in total. The third-order valence-electron chi connectivity index (χ3n) is 8.12. The molecule has 2 aromatic rings. The van der Waals surface area contributed by atoms with Crippen molar-refractivity contribution in [1.82, 2.24) is 4.90 Å². The normalized spacial score (nSPS) is 12.6. The smallest absolute Gasteiger partial charge is 0.185 e. The molecule has 0 radical (unpaired) electrons. The summed E-state index contributed by atoms with van der Waals surface area (Å²) in [5.74, 6) is 0.892. The Balaban J connectivity index is 0.000000440. The second kappa shape index (κ2) is 26.9. The standard InChI is InChI=1S/C20H43NO.C20H22O2/c1-5-6-7-8-9-10-11-12-13-14-15-16-17-20(21(3)4)18-19(2)22;1-2-3-7-16-22-19-13-10-17(11-14-19)12-15-20(21)18-8-5-4-6-9-18/h19-20,22H,5-18H2,1-4H3;4-6,8-15H,2-3,7,16H2,1H3. The number of rotatable bonds is 24. The average molecular weight is 608 g/mol. The quantitative estimate of drug-likeness (QED) is 0.0732. The highest BCUT2D eigenvalue weighted by atomic mass is 16.5. The van der Waals surface area contributed by atoms with Gasteiger partial charge in [-0.2, -0.15) is 0 Å². The minimum absolute atomic E-state index is 0.0143. The number of aliphatic hydroxyl groups is 1. The van der Waals surface area contributed by atoms with Crippen LogP contribution < -0.4 is 4.74 Å². The lowest BCUT2D eigenvalue weighted by atomic mass is 10.0. The number of aliphatic hydroxyl groups excluding tert-OH is 1. The first-order valence-electron chi connectivity index (χ1n) is 17.7. The van der Waals surface area contributed by atoms with Crippen LogP contribution in [0.25, 0.3) is 6.08 Å². The molecule has 0 aliphatic carbocycles. The molecule has 0 aliphatic heterocycles. The van der Waals surface area contributed by atoms with Gasteiger partial charge in [0.05, 0.1) is 12.7 Å². The van der Waals surface area contributed by atoms with Gasteiger partial charge in [-0.25, -0.2) is 0 Å². The maximum Gasteiger partial charge on any atom is 0.185 e. The Bertz CT molecular complexity index is 952. The van der Waals surface area contributed by atoms with Gasteiger partial charge in [-0.3, -0.25) is 4.79 Å². The molecule has 2 aromatic carbocycles. The van der Waals surface area contributed by atoms with E-state index < -0.39 is 0 Å². The van der Waals surface area contributed by atoms with Crippen LogP contribution in [-0.2, 0) is 0 Å². The van der Waals surface area contributed by atoms with Crippen LogP contribution in [0.5, 0.6) is 5.75 Å². The molecule has 0 spiro atoms. The SMILES string of the molecule is CCCCCCCCCCCCCCC(CC(C)O)N(C)C.CCCCCOc1ccc(C=CC(=O)c2ccccc2)cc1. The summed E-state index contributed by atoms with van der Waals surface area (Å²) in [6.07, 6.45) is 25.8. The summed E-state index contributed by atoms with van der Waals surface area (Å²) in [5, 5.41) is 9.54. The number of allylic oxidation sites excluding steroid dienone is 1. The summed E-state index contributed by atoms with van der Waals surface area (Å²) in [7, 11) is 4.26. The van der Waals surface area contributed by atoms with Gasteiger partial charge in [0.15, 0.2) is 5.78 Å². The van der Waals surface area contributed by atoms with E-state index in [1.54, 1.807) is 6.08 Å². The molecular formula is C40H65NO3. The van der Waals surface area contributed by atoms with Gasteiger partial charge in [-0.1, -0.05) is 152 Å². The van der Waals surface area contributed by atoms with E-state index >= 15 is 0 Å². The van der Waals surface area contributed by atoms with E-state index in [1.165, 1.54) is 96.3 Å². The van der Waals surface area contributed by atoms with Crippen LogP contribution in [0.3, 0.4) is 0 Å². The van der Waals surface area contributed by atoms with Gasteiger partial charge >= 0.3 is 0 Å². The van der Waals surface area contributed by atoms with Crippen molar-refractivity contribution in [2.24, 2.45) is 0 Å². The predicted molar refractivity (Wildman–Crippen MR) is 191 cm³/mol. The first-order valence-corrected chi connectivity index (χ1v) is 17.7. The largest absolute Gasteiger partial charge is 0.494 e. The number of unbranched alkanes of at least 4 members (excludes halogenated alkanes) is 13. The molecule has 2 rings (SSSR count). The minimum Gasteiger partial charge on any atom is -0.494 e. The van der Waals surface area contributed by atoms with Gasteiger partial charge in [0.25, 0.3) is 0 Å². The van der Waals surface area contributed by atoms with Crippen molar-refractivity contribution < 1.29 is 14.6 Å². The highest BCUT2D eigenvalue weighted by molar-refractivity contribution is 6.06. The molecule has 0 heterocycles. The maximum atomic E-state index is 12.0. The lowest BCUT2D eigenvalue weighted by Gasteiger charge is -2.25. The molecule has 2 atom stereocenters. The summed E-state index contributed by atoms with van der Waals surface area (Å²) in [6.45, 7) is 7.12. The fourth-order valence-electron chi connectivity index (χ4n) is 5.29. The summed E-state index contributed by atoms with van der Waals surface area (Å²) in [4.78, 5) is 14.2. The molecule has 0 saturated carbocycles. The third kappa shape index (κ3) is 21.3. The van der Waals surface area contributed by atoms with Gasteiger partial charge < -0.3 is 14.7 Å². The Hall–Kier alpha value is -2.43. The van der Waals surface area contributed by atoms with Gasteiger partial charge in [0.2, 0.25) is 0 Å². The number of benzene rings is 2. The van der Waals surface area contributed by atoms with Crippen molar-refractivity contribution in [2.75, 3.05) is 20.7 Å². The molecule has 0 fully saturated rings. The Morgan fingerprint density at radius 1 is 0.750 bits per heavy atom. The number of hydrogen-bond donors (Lipinski definition) is 1. The van der Waals surface area contributed by atoms with Crippen molar-refractivity contribution in [3.63, 3.8) is 0 Å². The van der Waals surface area contributed by atoms with Crippen molar-refractivity contribution >= 4 is 11.9 Å². The molecule has 0 saturated heterocycles. The van der Waals surface area contributed by atoms with Crippen molar-refractivity contribution in [2.45, 2.75) is 142 Å². The van der Waals surface area contributed by atoms with E-state index in [2.05, 4.69) is 32.8 Å². The number of nitrogens with zero attached hydrogens (tertiary/aromatic N) is 1. The number of carbonyl (C=O) groups excluding carboxylic acids is 1. The Labute approximate surface area is 271 Å². The molecule has 44 heavy (non-hydrogen) atoms. The highest BCUT2D eigenvalue weighted by Crippen LogP contribution is 2.17. The molecule has 2 unspecified atom stereocenters. The van der Waals surface area contributed by atoms with Crippen LogP contribution in [0.1, 0.15) is 146 Å². The van der Waals surface area contributed by atoms with E-state index in [1.807, 2.05) is 67.6 Å². The molecular weight excluding hydrogens is 542 g/mol. The Kier molecular flexibility index (Phi) is 24.2. The summed E-state index contributed by atoms with van der Waals surface area (Å²) >= 11 is 0. The first kappa shape index (κ1) is 39.6. The average Bonchev–Trinajstić information content (AvgIpc) is 3.03. The monoisotopic (exact) mass is 607 g/mol. The second-order valence-corrected chi connectivity index (χ2v) is 12.6. The maximum absolute atomic E-state index is 12.0. The lowest BCUT2D eigenvalue weighted by Crippen LogP contribution is -2.31. The third-order valence-corrected chi connectivity index (χ3v) is 8.12. The first-order chi connectivity index (χ1) is 21.4. The van der Waals surface area contributed by atoms with Gasteiger partial charge in [-0.15, -0.1) is 0 Å². The second-order valence-electron chi connectivity index (χ2n) is 12.6. The highest BCUT2D eigenvalue weighted by Gasteiger charge is 2.13. The lowest BCUT2D eigenvalue weighted by molar-refractivity contribution is 0.104. The number of carbonyl (C=O) groups is 1. The Morgan fingerprint density at radius 2 is 1.27 bits per heavy atom. The minimum atomic E-state index is -0.176. The van der Waals surface area contributed by atoms with Crippen LogP contribution in [0, 0.1) is 0 Å². The fraction of sp³-hybridized carbons (Fsp3) is 0.625. The number of hydrogen-bond acceptors (Lipinski definition) is 4. The molecule has 0 aliphatic rings. The van der Waals surface area contributed by atoms with E-state index in [-0.39, 0.29) is 11.9 Å². The van der Waals surface area contributed by atoms with Crippen molar-refractivity contribution in [1.29, 1.82) is 0 Å². The fourth-order valence-corrected chi connectivity index (χ4v) is 5.29. The van der Waals surface area contributed by atoms with Gasteiger partial charge in [-0.05, 0) is 64.1 Å². The van der Waals surface area contributed by atoms with Crippen LogP contribution in [0.15, 0.2) is 60.7 Å². The predicted octanol–water partition coefficient (Wildman–Crippen LogP) is 10.9. The summed E-state index contributed by atoms with van der Waals surface area (Å²) < 4.78 is 5.67. The zero-order chi connectivity index (χ0) is 32.3. The van der Waals surface area contributed by atoms with Crippen LogP contribution in [-0.4, -0.2) is 48.6 Å². The van der Waals surface area contributed by atoms with Crippen LogP contribution in [0.2, 0.25) is 0 Å². The van der Waals surface area contributed by atoms with Crippen molar-refractivity contribution in [3.8, 4) is 5.75 Å². The van der Waals surface area contributed by atoms with Crippen LogP contribution in [0.4, 0.5) is 0 Å². The molecule has 248 valence electrons. The van der Waals surface area contributed by atoms with E-state index in [0.717, 1.165) is 30.8 Å². The molecule has 0 aromatic heterocycles. The topological polar surface area (TPSA) is 49.8 Å². The van der Waals surface area contributed by atoms with Crippen molar-refractivity contribution in [3.05, 3.63) is 71.8 Å². The van der Waals surface area contributed by atoms with E-state index in [4.69, 9.17) is 4.74 Å². The van der Waals surface area contributed by atoms with E-state index in [0.29, 0.717) is 11.6 Å². The van der Waals surface area contributed by atoms with E-state index in [9.17, 15) is 9.90 Å². The zero-order valence-electron chi connectivity index (χ0n) is 28.9. The summed E-state index contributed by atoms with van der Waals surface area (Å²) in [6, 6.07) is 17.6. The van der Waals surface area contributed by atoms with Gasteiger partial charge in [0, 0.05) is 11.6 Å².